The molecule has 0 amide bonds. The number of aromatic nitrogens is 1. The van der Waals surface area contributed by atoms with Crippen molar-refractivity contribution in [1.82, 2.24) is 15.2 Å². The summed E-state index contributed by atoms with van der Waals surface area (Å²) < 4.78 is 0. The van der Waals surface area contributed by atoms with Gasteiger partial charge < -0.3 is 10.2 Å². The van der Waals surface area contributed by atoms with Crippen LogP contribution in [0.2, 0.25) is 0 Å². The summed E-state index contributed by atoms with van der Waals surface area (Å²) in [4.78, 5) is 8.68. The van der Waals surface area contributed by atoms with Crippen LogP contribution >= 0.6 is 11.3 Å². The second kappa shape index (κ2) is 7.87. The quantitative estimate of drug-likeness (QED) is 0.786. The molecule has 0 bridgehead atoms. The molecule has 0 aromatic carbocycles. The van der Waals surface area contributed by atoms with Gasteiger partial charge in [0.1, 0.15) is 0 Å². The lowest BCUT2D eigenvalue weighted by molar-refractivity contribution is 0.308. The maximum Gasteiger partial charge on any atom is 0.0944 e. The molecule has 3 nitrogen and oxygen atoms in total. The number of thiazole rings is 1. The van der Waals surface area contributed by atoms with E-state index in [9.17, 15) is 0 Å². The molecule has 0 aliphatic heterocycles. The summed E-state index contributed by atoms with van der Waals surface area (Å²) in [5.41, 5.74) is 1.28. The molecule has 0 spiro atoms. The third-order valence-electron chi connectivity index (χ3n) is 3.19. The van der Waals surface area contributed by atoms with Gasteiger partial charge in [0.2, 0.25) is 0 Å². The third-order valence-corrected chi connectivity index (χ3v) is 4.32. The van der Waals surface area contributed by atoms with Crippen LogP contribution in [0.15, 0.2) is 0 Å². The van der Waals surface area contributed by atoms with E-state index in [1.54, 1.807) is 0 Å². The van der Waals surface area contributed by atoms with E-state index in [-0.39, 0.29) is 0 Å². The van der Waals surface area contributed by atoms with E-state index in [1.165, 1.54) is 15.6 Å². The van der Waals surface area contributed by atoms with E-state index in [0.29, 0.717) is 5.92 Å². The molecule has 18 heavy (non-hydrogen) atoms. The van der Waals surface area contributed by atoms with E-state index in [1.807, 2.05) is 18.4 Å². The zero-order chi connectivity index (χ0) is 13.5. The summed E-state index contributed by atoms with van der Waals surface area (Å²) >= 11 is 1.88. The lowest BCUT2D eigenvalue weighted by atomic mass is 10.1. The minimum atomic E-state index is 0.520. The summed E-state index contributed by atoms with van der Waals surface area (Å²) in [6.07, 6.45) is 1.08. The van der Waals surface area contributed by atoms with Crippen molar-refractivity contribution >= 4 is 11.3 Å². The van der Waals surface area contributed by atoms with E-state index in [0.717, 1.165) is 32.6 Å². The molecule has 0 radical (unpaired) electrons. The van der Waals surface area contributed by atoms with Gasteiger partial charge in [0.15, 0.2) is 0 Å². The minimum absolute atomic E-state index is 0.520. The van der Waals surface area contributed by atoms with Gasteiger partial charge in [-0.25, -0.2) is 4.98 Å². The Balaban J connectivity index is 2.69. The van der Waals surface area contributed by atoms with Gasteiger partial charge in [-0.1, -0.05) is 27.7 Å². The van der Waals surface area contributed by atoms with Crippen molar-refractivity contribution in [2.75, 3.05) is 26.7 Å². The predicted octanol–water partition coefficient (Wildman–Crippen LogP) is 2.87. The standard InChI is InChI=1S/C14H27N3S/c1-6-17(7-2)9-8-13-16-14(11(3)4)12(18-13)10-15-5/h11,15H,6-10H2,1-5H3. The van der Waals surface area contributed by atoms with Crippen LogP contribution in [0.25, 0.3) is 0 Å². The molecule has 1 aromatic rings. The molecule has 0 saturated carbocycles. The maximum absolute atomic E-state index is 4.82. The van der Waals surface area contributed by atoms with Gasteiger partial charge in [0.05, 0.1) is 10.7 Å². The molecular weight excluding hydrogens is 242 g/mol. The normalized spacial score (nSPS) is 11.7. The first kappa shape index (κ1) is 15.6. The van der Waals surface area contributed by atoms with E-state index < -0.39 is 0 Å². The van der Waals surface area contributed by atoms with Crippen LogP contribution in [0.3, 0.4) is 0 Å². The van der Waals surface area contributed by atoms with Gasteiger partial charge in [0.25, 0.3) is 0 Å². The van der Waals surface area contributed by atoms with Crippen LogP contribution in [-0.4, -0.2) is 36.6 Å². The van der Waals surface area contributed by atoms with E-state index in [2.05, 4.69) is 37.9 Å². The fraction of sp³-hybridized carbons (Fsp3) is 0.786. The van der Waals surface area contributed by atoms with Crippen molar-refractivity contribution in [1.29, 1.82) is 0 Å². The molecule has 0 unspecified atom stereocenters. The van der Waals surface area contributed by atoms with Crippen LogP contribution in [-0.2, 0) is 13.0 Å². The van der Waals surface area contributed by atoms with Gasteiger partial charge in [-0.05, 0) is 26.1 Å². The molecule has 1 rings (SSSR count). The molecule has 0 fully saturated rings. The number of rotatable bonds is 8. The van der Waals surface area contributed by atoms with Crippen molar-refractivity contribution in [3.63, 3.8) is 0 Å². The highest BCUT2D eigenvalue weighted by molar-refractivity contribution is 7.11. The predicted molar refractivity (Wildman–Crippen MR) is 80.5 cm³/mol. The van der Waals surface area contributed by atoms with Crippen LogP contribution in [0.1, 0.15) is 49.2 Å². The molecule has 1 heterocycles. The molecule has 0 aliphatic rings. The van der Waals surface area contributed by atoms with Gasteiger partial charge >= 0.3 is 0 Å². The first-order valence-corrected chi connectivity index (χ1v) is 7.79. The van der Waals surface area contributed by atoms with Gasteiger partial charge in [-0.3, -0.25) is 0 Å². The van der Waals surface area contributed by atoms with Crippen molar-refractivity contribution in [3.05, 3.63) is 15.6 Å². The van der Waals surface area contributed by atoms with Crippen molar-refractivity contribution in [3.8, 4) is 0 Å². The fourth-order valence-electron chi connectivity index (χ4n) is 2.05. The van der Waals surface area contributed by atoms with E-state index in [4.69, 9.17) is 4.98 Å². The summed E-state index contributed by atoms with van der Waals surface area (Å²) in [6.45, 7) is 13.2. The van der Waals surface area contributed by atoms with Gasteiger partial charge in [0, 0.05) is 24.4 Å². The summed E-state index contributed by atoms with van der Waals surface area (Å²) in [5, 5.41) is 4.53. The minimum Gasteiger partial charge on any atom is -0.315 e. The van der Waals surface area contributed by atoms with Crippen LogP contribution in [0.4, 0.5) is 0 Å². The second-order valence-corrected chi connectivity index (χ2v) is 6.05. The lowest BCUT2D eigenvalue weighted by Gasteiger charge is -2.16. The Bertz CT molecular complexity index is 343. The topological polar surface area (TPSA) is 28.2 Å². The Morgan fingerprint density at radius 3 is 2.44 bits per heavy atom. The Hall–Kier alpha value is -0.450. The number of hydrogen-bond acceptors (Lipinski definition) is 4. The highest BCUT2D eigenvalue weighted by Gasteiger charge is 2.13. The number of hydrogen-bond donors (Lipinski definition) is 1. The number of nitrogens with one attached hydrogen (secondary N) is 1. The molecule has 0 aliphatic carbocycles. The highest BCUT2D eigenvalue weighted by Crippen LogP contribution is 2.25. The van der Waals surface area contributed by atoms with Crippen molar-refractivity contribution in [2.24, 2.45) is 0 Å². The molecule has 104 valence electrons. The summed E-state index contributed by atoms with van der Waals surface area (Å²) in [5.74, 6) is 0.520. The zero-order valence-corrected chi connectivity index (χ0v) is 13.2. The van der Waals surface area contributed by atoms with Crippen LogP contribution in [0.5, 0.6) is 0 Å². The summed E-state index contributed by atoms with van der Waals surface area (Å²) in [6, 6.07) is 0. The van der Waals surface area contributed by atoms with Crippen LogP contribution < -0.4 is 5.32 Å². The molecule has 4 heteroatoms. The Kier molecular flexibility index (Phi) is 6.82. The molecule has 1 aromatic heterocycles. The van der Waals surface area contributed by atoms with Crippen molar-refractivity contribution < 1.29 is 0 Å². The lowest BCUT2D eigenvalue weighted by Crippen LogP contribution is -2.25. The smallest absolute Gasteiger partial charge is 0.0944 e. The molecule has 1 N–H and O–H groups in total. The largest absolute Gasteiger partial charge is 0.315 e. The highest BCUT2D eigenvalue weighted by atomic mass is 32.1. The SMILES string of the molecule is CCN(CC)CCc1nc(C(C)C)c(CNC)s1. The Labute approximate surface area is 116 Å². The maximum atomic E-state index is 4.82. The Morgan fingerprint density at radius 2 is 1.94 bits per heavy atom. The second-order valence-electron chi connectivity index (χ2n) is 4.88. The molecule has 0 saturated heterocycles. The van der Waals surface area contributed by atoms with Gasteiger partial charge in [-0.15, -0.1) is 11.3 Å². The number of nitrogens with zero attached hydrogens (tertiary/aromatic N) is 2. The number of likely N-dealkylation sites (N-methyl/N-ethyl adjacent to an activating group) is 1. The fourth-order valence-corrected chi connectivity index (χ4v) is 3.28. The average molecular weight is 269 g/mol. The van der Waals surface area contributed by atoms with Crippen LogP contribution in [0, 0.1) is 0 Å². The van der Waals surface area contributed by atoms with Crippen molar-refractivity contribution in [2.45, 2.75) is 46.6 Å². The van der Waals surface area contributed by atoms with E-state index >= 15 is 0 Å². The first-order chi connectivity index (χ1) is 8.62. The zero-order valence-electron chi connectivity index (χ0n) is 12.4. The molecule has 0 atom stereocenters. The third kappa shape index (κ3) is 4.34. The average Bonchev–Trinajstić information content (AvgIpc) is 2.74. The Morgan fingerprint density at radius 1 is 1.28 bits per heavy atom. The summed E-state index contributed by atoms with van der Waals surface area (Å²) in [7, 11) is 2.00. The van der Waals surface area contributed by atoms with Gasteiger partial charge in [-0.2, -0.15) is 0 Å². The molecular formula is C14H27N3S. The monoisotopic (exact) mass is 269 g/mol. The first-order valence-electron chi connectivity index (χ1n) is 6.97.